The van der Waals surface area contributed by atoms with Crippen molar-refractivity contribution in [2.75, 3.05) is 6.61 Å². The Morgan fingerprint density at radius 3 is 2.87 bits per heavy atom. The van der Waals surface area contributed by atoms with Crippen LogP contribution in [-0.2, 0) is 16.0 Å². The Morgan fingerprint density at radius 2 is 2.27 bits per heavy atom. The number of esters is 1. The number of hydrogen-bond acceptors (Lipinski definition) is 2. The smallest absolute Gasteiger partial charge is 0.310 e. The molecule has 1 aromatic rings. The van der Waals surface area contributed by atoms with Crippen LogP contribution in [0.25, 0.3) is 0 Å². The molecule has 4 heteroatoms. The lowest BCUT2D eigenvalue weighted by Crippen LogP contribution is -2.10. The summed E-state index contributed by atoms with van der Waals surface area (Å²) in [5.41, 5.74) is 0.195. The molecule has 0 spiro atoms. The topological polar surface area (TPSA) is 26.3 Å². The van der Waals surface area contributed by atoms with Gasteiger partial charge in [0.25, 0.3) is 0 Å². The highest BCUT2D eigenvalue weighted by Gasteiger charge is 2.12. The van der Waals surface area contributed by atoms with Gasteiger partial charge >= 0.3 is 5.97 Å². The molecule has 82 valence electrons. The van der Waals surface area contributed by atoms with Crippen molar-refractivity contribution < 1.29 is 13.9 Å². The highest BCUT2D eigenvalue weighted by molar-refractivity contribution is 6.31. The van der Waals surface area contributed by atoms with E-state index in [1.54, 1.807) is 6.07 Å². The second-order valence-corrected chi connectivity index (χ2v) is 3.50. The summed E-state index contributed by atoms with van der Waals surface area (Å²) in [6.45, 7) is 2.24. The molecule has 15 heavy (non-hydrogen) atoms. The van der Waals surface area contributed by atoms with Crippen molar-refractivity contribution in [3.05, 3.63) is 34.6 Å². The highest BCUT2D eigenvalue weighted by atomic mass is 35.5. The van der Waals surface area contributed by atoms with Crippen LogP contribution < -0.4 is 0 Å². The summed E-state index contributed by atoms with van der Waals surface area (Å²) < 4.78 is 18.1. The fourth-order valence-corrected chi connectivity index (χ4v) is 1.34. The van der Waals surface area contributed by atoms with E-state index < -0.39 is 11.8 Å². The van der Waals surface area contributed by atoms with Gasteiger partial charge in [-0.2, -0.15) is 0 Å². The third kappa shape index (κ3) is 3.51. The molecule has 0 heterocycles. The average Bonchev–Trinajstić information content (AvgIpc) is 2.21. The molecule has 0 unspecified atom stereocenters. The quantitative estimate of drug-likeness (QED) is 0.744. The third-order valence-corrected chi connectivity index (χ3v) is 2.20. The SMILES string of the molecule is CCCOC(=O)Cc1c(F)cccc1Cl. The summed E-state index contributed by atoms with van der Waals surface area (Å²) in [5.74, 6) is -0.931. The summed E-state index contributed by atoms with van der Waals surface area (Å²) in [6, 6.07) is 4.32. The van der Waals surface area contributed by atoms with Gasteiger partial charge in [0.1, 0.15) is 5.82 Å². The van der Waals surface area contributed by atoms with Crippen molar-refractivity contribution in [3.63, 3.8) is 0 Å². The van der Waals surface area contributed by atoms with Gasteiger partial charge in [0, 0.05) is 10.6 Å². The zero-order chi connectivity index (χ0) is 11.3. The Hall–Kier alpha value is -1.09. The van der Waals surface area contributed by atoms with Gasteiger partial charge in [-0.25, -0.2) is 4.39 Å². The normalized spacial score (nSPS) is 10.1. The maximum atomic E-state index is 13.2. The summed E-state index contributed by atoms with van der Waals surface area (Å²) in [4.78, 5) is 11.2. The zero-order valence-electron chi connectivity index (χ0n) is 8.43. The molecule has 0 fully saturated rings. The summed E-state index contributed by atoms with van der Waals surface area (Å²) in [6.07, 6.45) is 0.627. The first kappa shape index (κ1) is 12.0. The standard InChI is InChI=1S/C11H12ClFO2/c1-2-6-15-11(14)7-8-9(12)4-3-5-10(8)13/h3-5H,2,6-7H2,1H3. The molecule has 0 N–H and O–H groups in total. The minimum absolute atomic E-state index is 0.120. The Kier molecular flexibility index (Phi) is 4.56. The first-order chi connectivity index (χ1) is 7.15. The fourth-order valence-electron chi connectivity index (χ4n) is 1.11. The van der Waals surface area contributed by atoms with E-state index in [9.17, 15) is 9.18 Å². The number of ether oxygens (including phenoxy) is 1. The number of halogens is 2. The van der Waals surface area contributed by atoms with Crippen molar-refractivity contribution in [2.45, 2.75) is 19.8 Å². The third-order valence-electron chi connectivity index (χ3n) is 1.85. The predicted molar refractivity (Wildman–Crippen MR) is 56.4 cm³/mol. The van der Waals surface area contributed by atoms with Crippen LogP contribution >= 0.6 is 11.6 Å². The Labute approximate surface area is 93.0 Å². The van der Waals surface area contributed by atoms with Crippen LogP contribution in [0.15, 0.2) is 18.2 Å². The Balaban J connectivity index is 2.68. The van der Waals surface area contributed by atoms with Crippen molar-refractivity contribution in [2.24, 2.45) is 0 Å². The molecule has 0 aliphatic heterocycles. The lowest BCUT2D eigenvalue weighted by atomic mass is 10.1. The fraction of sp³-hybridized carbons (Fsp3) is 0.364. The first-order valence-electron chi connectivity index (χ1n) is 4.73. The van der Waals surface area contributed by atoms with Crippen LogP contribution in [-0.4, -0.2) is 12.6 Å². The first-order valence-corrected chi connectivity index (χ1v) is 5.11. The molecule has 0 aromatic heterocycles. The molecule has 0 saturated heterocycles. The van der Waals surface area contributed by atoms with E-state index in [0.717, 1.165) is 6.42 Å². The molecule has 0 atom stereocenters. The van der Waals surface area contributed by atoms with Gasteiger partial charge in [-0.05, 0) is 18.6 Å². The second-order valence-electron chi connectivity index (χ2n) is 3.10. The number of carbonyl (C=O) groups is 1. The lowest BCUT2D eigenvalue weighted by molar-refractivity contribution is -0.142. The van der Waals surface area contributed by atoms with Gasteiger partial charge in [0.05, 0.1) is 13.0 Å². The van der Waals surface area contributed by atoms with Crippen LogP contribution in [0.2, 0.25) is 5.02 Å². The van der Waals surface area contributed by atoms with Gasteiger partial charge in [-0.15, -0.1) is 0 Å². The monoisotopic (exact) mass is 230 g/mol. The Bertz CT molecular complexity index is 332. The van der Waals surface area contributed by atoms with Crippen LogP contribution in [0, 0.1) is 5.82 Å². The van der Waals surface area contributed by atoms with E-state index in [2.05, 4.69) is 0 Å². The van der Waals surface area contributed by atoms with Crippen LogP contribution in [0.3, 0.4) is 0 Å². The predicted octanol–water partition coefficient (Wildman–Crippen LogP) is 2.97. The molecule has 0 aliphatic rings. The molecule has 1 rings (SSSR count). The van der Waals surface area contributed by atoms with Gasteiger partial charge in [-0.3, -0.25) is 4.79 Å². The minimum atomic E-state index is -0.476. The molecule has 0 radical (unpaired) electrons. The maximum absolute atomic E-state index is 13.2. The molecule has 0 aliphatic carbocycles. The van der Waals surface area contributed by atoms with Gasteiger partial charge in [-0.1, -0.05) is 24.6 Å². The van der Waals surface area contributed by atoms with Gasteiger partial charge < -0.3 is 4.74 Å². The van der Waals surface area contributed by atoms with Crippen LogP contribution in [0.1, 0.15) is 18.9 Å². The number of benzene rings is 1. The highest BCUT2D eigenvalue weighted by Crippen LogP contribution is 2.19. The number of carbonyl (C=O) groups excluding carboxylic acids is 1. The molecule has 2 nitrogen and oxygen atoms in total. The molecule has 0 bridgehead atoms. The largest absolute Gasteiger partial charge is 0.465 e. The average molecular weight is 231 g/mol. The summed E-state index contributed by atoms with van der Waals surface area (Å²) in [5, 5.41) is 0.253. The molecular formula is C11H12ClFO2. The number of hydrogen-bond donors (Lipinski definition) is 0. The minimum Gasteiger partial charge on any atom is -0.465 e. The Morgan fingerprint density at radius 1 is 1.53 bits per heavy atom. The molecule has 0 saturated carbocycles. The second kappa shape index (κ2) is 5.71. The van der Waals surface area contributed by atoms with Crippen molar-refractivity contribution in [1.29, 1.82) is 0 Å². The summed E-state index contributed by atoms with van der Waals surface area (Å²) >= 11 is 5.76. The van der Waals surface area contributed by atoms with Crippen LogP contribution in [0.5, 0.6) is 0 Å². The lowest BCUT2D eigenvalue weighted by Gasteiger charge is -2.05. The summed E-state index contributed by atoms with van der Waals surface area (Å²) in [7, 11) is 0. The van der Waals surface area contributed by atoms with Crippen molar-refractivity contribution in [3.8, 4) is 0 Å². The van der Waals surface area contributed by atoms with Crippen molar-refractivity contribution in [1.82, 2.24) is 0 Å². The number of rotatable bonds is 4. The van der Waals surface area contributed by atoms with Crippen LogP contribution in [0.4, 0.5) is 4.39 Å². The molecular weight excluding hydrogens is 219 g/mol. The van der Waals surface area contributed by atoms with E-state index in [1.807, 2.05) is 6.92 Å². The van der Waals surface area contributed by atoms with E-state index in [4.69, 9.17) is 16.3 Å². The maximum Gasteiger partial charge on any atom is 0.310 e. The van der Waals surface area contributed by atoms with E-state index in [-0.39, 0.29) is 17.0 Å². The molecule has 1 aromatic carbocycles. The van der Waals surface area contributed by atoms with Gasteiger partial charge in [0.2, 0.25) is 0 Å². The van der Waals surface area contributed by atoms with E-state index in [0.29, 0.717) is 6.61 Å². The van der Waals surface area contributed by atoms with Crippen molar-refractivity contribution >= 4 is 17.6 Å². The van der Waals surface area contributed by atoms with E-state index >= 15 is 0 Å². The zero-order valence-corrected chi connectivity index (χ0v) is 9.18. The molecule has 0 amide bonds. The van der Waals surface area contributed by atoms with Gasteiger partial charge in [0.15, 0.2) is 0 Å². The van der Waals surface area contributed by atoms with E-state index in [1.165, 1.54) is 12.1 Å².